The second-order valence-corrected chi connectivity index (χ2v) is 2.75. The molecular formula is C8H7ClF3NO. The summed E-state index contributed by atoms with van der Waals surface area (Å²) in [6.07, 6.45) is -2.91. The van der Waals surface area contributed by atoms with Crippen LogP contribution in [0, 0.1) is 0 Å². The summed E-state index contributed by atoms with van der Waals surface area (Å²) in [7, 11) is 0. The minimum Gasteiger partial charge on any atom is -0.482 e. The van der Waals surface area contributed by atoms with Crippen LogP contribution in [0.3, 0.4) is 0 Å². The quantitative estimate of drug-likeness (QED) is 0.738. The molecule has 0 saturated carbocycles. The number of pyridine rings is 1. The van der Waals surface area contributed by atoms with Crippen LogP contribution in [0.2, 0.25) is 0 Å². The molecule has 0 bridgehead atoms. The van der Waals surface area contributed by atoms with Crippen molar-refractivity contribution in [3.63, 3.8) is 0 Å². The van der Waals surface area contributed by atoms with E-state index >= 15 is 0 Å². The van der Waals surface area contributed by atoms with E-state index in [2.05, 4.69) is 9.72 Å². The molecule has 1 heterocycles. The van der Waals surface area contributed by atoms with Gasteiger partial charge in [-0.25, -0.2) is 0 Å². The summed E-state index contributed by atoms with van der Waals surface area (Å²) in [6, 6.07) is 2.89. The minimum absolute atomic E-state index is 0.0219. The summed E-state index contributed by atoms with van der Waals surface area (Å²) in [5.41, 5.74) is 0.304. The fourth-order valence-corrected chi connectivity index (χ4v) is 1.02. The predicted octanol–water partition coefficient (Wildman–Crippen LogP) is 2.76. The maximum Gasteiger partial charge on any atom is 0.422 e. The van der Waals surface area contributed by atoms with Gasteiger partial charge in [0.25, 0.3) is 0 Å². The first-order valence-corrected chi connectivity index (χ1v) is 4.26. The first-order valence-electron chi connectivity index (χ1n) is 3.72. The van der Waals surface area contributed by atoms with E-state index in [0.29, 0.717) is 5.69 Å². The maximum absolute atomic E-state index is 11.8. The Balaban J connectivity index is 2.67. The highest BCUT2D eigenvalue weighted by Gasteiger charge is 2.28. The van der Waals surface area contributed by atoms with E-state index in [1.165, 1.54) is 18.3 Å². The number of hydrogen-bond acceptors (Lipinski definition) is 2. The molecule has 0 atom stereocenters. The molecule has 0 amide bonds. The monoisotopic (exact) mass is 225 g/mol. The molecule has 0 fully saturated rings. The standard InChI is InChI=1S/C8H7ClF3NO/c9-4-6-7(2-1-3-13-6)14-5-8(10,11)12/h1-3H,4-5H2. The molecule has 0 radical (unpaired) electrons. The predicted molar refractivity (Wildman–Crippen MR) is 45.3 cm³/mol. The van der Waals surface area contributed by atoms with Crippen molar-refractivity contribution < 1.29 is 17.9 Å². The number of nitrogens with zero attached hydrogens (tertiary/aromatic N) is 1. The van der Waals surface area contributed by atoms with Gasteiger partial charge in [-0.1, -0.05) is 0 Å². The summed E-state index contributed by atoms with van der Waals surface area (Å²) in [6.45, 7) is -1.33. The Bertz CT molecular complexity index is 303. The molecule has 14 heavy (non-hydrogen) atoms. The number of rotatable bonds is 3. The molecule has 0 N–H and O–H groups in total. The van der Waals surface area contributed by atoms with Crippen molar-refractivity contribution in [2.75, 3.05) is 6.61 Å². The second-order valence-electron chi connectivity index (χ2n) is 2.49. The lowest BCUT2D eigenvalue weighted by molar-refractivity contribution is -0.153. The Morgan fingerprint density at radius 1 is 1.43 bits per heavy atom. The SMILES string of the molecule is FC(F)(F)COc1cccnc1CCl. The normalized spacial score (nSPS) is 11.4. The minimum atomic E-state index is -4.35. The van der Waals surface area contributed by atoms with E-state index in [4.69, 9.17) is 11.6 Å². The first kappa shape index (κ1) is 11.1. The molecule has 1 rings (SSSR count). The Hall–Kier alpha value is -0.970. The molecule has 78 valence electrons. The molecule has 1 aromatic rings. The molecule has 6 heteroatoms. The van der Waals surface area contributed by atoms with E-state index in [-0.39, 0.29) is 11.6 Å². The molecule has 1 aromatic heterocycles. The van der Waals surface area contributed by atoms with Crippen molar-refractivity contribution >= 4 is 11.6 Å². The highest BCUT2D eigenvalue weighted by molar-refractivity contribution is 6.17. The van der Waals surface area contributed by atoms with E-state index < -0.39 is 12.8 Å². The smallest absolute Gasteiger partial charge is 0.422 e. The van der Waals surface area contributed by atoms with E-state index in [1.807, 2.05) is 0 Å². The average molecular weight is 226 g/mol. The first-order chi connectivity index (χ1) is 6.53. The van der Waals surface area contributed by atoms with Gasteiger partial charge in [-0.05, 0) is 12.1 Å². The fraction of sp³-hybridized carbons (Fsp3) is 0.375. The summed E-state index contributed by atoms with van der Waals surface area (Å²) in [5.74, 6) is 0.0911. The number of aromatic nitrogens is 1. The molecule has 0 aromatic carbocycles. The van der Waals surface area contributed by atoms with Gasteiger partial charge in [0.2, 0.25) is 0 Å². The Morgan fingerprint density at radius 3 is 2.71 bits per heavy atom. The molecule has 0 saturated heterocycles. The number of ether oxygens (including phenoxy) is 1. The third-order valence-electron chi connectivity index (χ3n) is 1.37. The van der Waals surface area contributed by atoms with Crippen molar-refractivity contribution in [1.82, 2.24) is 4.98 Å². The lowest BCUT2D eigenvalue weighted by Crippen LogP contribution is -2.19. The van der Waals surface area contributed by atoms with E-state index in [9.17, 15) is 13.2 Å². The zero-order valence-electron chi connectivity index (χ0n) is 7.01. The van der Waals surface area contributed by atoms with Gasteiger partial charge in [-0.2, -0.15) is 13.2 Å². The zero-order valence-corrected chi connectivity index (χ0v) is 7.77. The third-order valence-corrected chi connectivity index (χ3v) is 1.62. The van der Waals surface area contributed by atoms with Crippen LogP contribution < -0.4 is 4.74 Å². The lowest BCUT2D eigenvalue weighted by Gasteiger charge is -2.10. The van der Waals surface area contributed by atoms with Crippen LogP contribution in [-0.2, 0) is 5.88 Å². The second kappa shape index (κ2) is 4.50. The molecular weight excluding hydrogens is 219 g/mol. The van der Waals surface area contributed by atoms with Crippen molar-refractivity contribution in [3.05, 3.63) is 24.0 Å². The van der Waals surface area contributed by atoms with Crippen LogP contribution in [0.15, 0.2) is 18.3 Å². The number of hydrogen-bond donors (Lipinski definition) is 0. The van der Waals surface area contributed by atoms with Crippen LogP contribution in [0.25, 0.3) is 0 Å². The summed E-state index contributed by atoms with van der Waals surface area (Å²) >= 11 is 5.46. The molecule has 0 spiro atoms. The van der Waals surface area contributed by atoms with Crippen LogP contribution in [0.4, 0.5) is 13.2 Å². The molecule has 2 nitrogen and oxygen atoms in total. The molecule has 0 unspecified atom stereocenters. The third kappa shape index (κ3) is 3.41. The fourth-order valence-electron chi connectivity index (χ4n) is 0.815. The van der Waals surface area contributed by atoms with Crippen molar-refractivity contribution in [3.8, 4) is 5.75 Å². The topological polar surface area (TPSA) is 22.1 Å². The van der Waals surface area contributed by atoms with Crippen LogP contribution >= 0.6 is 11.6 Å². The zero-order chi connectivity index (χ0) is 10.6. The maximum atomic E-state index is 11.8. The lowest BCUT2D eigenvalue weighted by atomic mass is 10.3. The Kier molecular flexibility index (Phi) is 3.57. The number of alkyl halides is 4. The highest BCUT2D eigenvalue weighted by Crippen LogP contribution is 2.21. The van der Waals surface area contributed by atoms with Gasteiger partial charge in [-0.15, -0.1) is 11.6 Å². The average Bonchev–Trinajstić information content (AvgIpc) is 2.14. The van der Waals surface area contributed by atoms with Gasteiger partial charge in [0.1, 0.15) is 5.75 Å². The Morgan fingerprint density at radius 2 is 2.14 bits per heavy atom. The van der Waals surface area contributed by atoms with Gasteiger partial charge in [0, 0.05) is 6.20 Å². The molecule has 0 aliphatic carbocycles. The van der Waals surface area contributed by atoms with E-state index in [1.54, 1.807) is 0 Å². The van der Waals surface area contributed by atoms with Crippen LogP contribution in [0.1, 0.15) is 5.69 Å². The van der Waals surface area contributed by atoms with E-state index in [0.717, 1.165) is 0 Å². The van der Waals surface area contributed by atoms with Gasteiger partial charge in [0.05, 0.1) is 11.6 Å². The van der Waals surface area contributed by atoms with Gasteiger partial charge >= 0.3 is 6.18 Å². The highest BCUT2D eigenvalue weighted by atomic mass is 35.5. The van der Waals surface area contributed by atoms with Crippen molar-refractivity contribution in [2.24, 2.45) is 0 Å². The summed E-state index contributed by atoms with van der Waals surface area (Å²) in [4.78, 5) is 3.77. The van der Waals surface area contributed by atoms with Crippen molar-refractivity contribution in [2.45, 2.75) is 12.1 Å². The van der Waals surface area contributed by atoms with Crippen LogP contribution in [0.5, 0.6) is 5.75 Å². The van der Waals surface area contributed by atoms with Gasteiger partial charge in [0.15, 0.2) is 6.61 Å². The number of halogens is 4. The van der Waals surface area contributed by atoms with Crippen molar-refractivity contribution in [1.29, 1.82) is 0 Å². The molecule has 0 aliphatic heterocycles. The summed E-state index contributed by atoms with van der Waals surface area (Å²) < 4.78 is 39.9. The summed E-state index contributed by atoms with van der Waals surface area (Å²) in [5, 5.41) is 0. The van der Waals surface area contributed by atoms with Gasteiger partial charge in [-0.3, -0.25) is 4.98 Å². The van der Waals surface area contributed by atoms with Crippen LogP contribution in [-0.4, -0.2) is 17.8 Å². The largest absolute Gasteiger partial charge is 0.482 e. The van der Waals surface area contributed by atoms with Gasteiger partial charge < -0.3 is 4.74 Å². The molecule has 0 aliphatic rings. The Labute approximate surface area is 83.7 Å².